The highest BCUT2D eigenvalue weighted by atomic mass is 16.5. The second-order valence-corrected chi connectivity index (χ2v) is 5.55. The fourth-order valence-electron chi connectivity index (χ4n) is 3.11. The van der Waals surface area contributed by atoms with Gasteiger partial charge in [-0.1, -0.05) is 6.92 Å². The summed E-state index contributed by atoms with van der Waals surface area (Å²) in [6.07, 6.45) is 4.16. The molecule has 0 aliphatic carbocycles. The topological polar surface area (TPSA) is 72.6 Å². The highest BCUT2D eigenvalue weighted by Crippen LogP contribution is 2.30. The zero-order valence-electron chi connectivity index (χ0n) is 10.9. The van der Waals surface area contributed by atoms with Gasteiger partial charge in [-0.15, -0.1) is 0 Å². The average molecular weight is 254 g/mol. The summed E-state index contributed by atoms with van der Waals surface area (Å²) >= 11 is 0. The average Bonchev–Trinajstić information content (AvgIpc) is 2.38. The van der Waals surface area contributed by atoms with Crippen LogP contribution in [-0.2, 0) is 14.3 Å². The summed E-state index contributed by atoms with van der Waals surface area (Å²) in [6.45, 7) is 4.25. The number of primary amides is 1. The van der Waals surface area contributed by atoms with Crippen LogP contribution in [0.4, 0.5) is 0 Å². The van der Waals surface area contributed by atoms with Crippen molar-refractivity contribution in [1.29, 1.82) is 0 Å². The van der Waals surface area contributed by atoms with Gasteiger partial charge < -0.3 is 15.4 Å². The van der Waals surface area contributed by atoms with Crippen LogP contribution in [-0.4, -0.2) is 42.5 Å². The molecule has 2 heterocycles. The van der Waals surface area contributed by atoms with Crippen molar-refractivity contribution < 1.29 is 14.3 Å². The van der Waals surface area contributed by atoms with Crippen molar-refractivity contribution in [2.24, 2.45) is 17.6 Å². The number of carbonyl (C=O) groups excluding carboxylic acids is 2. The van der Waals surface area contributed by atoms with Crippen LogP contribution in [0, 0.1) is 11.8 Å². The molecular formula is C13H22N2O3. The predicted molar refractivity (Wildman–Crippen MR) is 66.6 cm³/mol. The molecule has 1 unspecified atom stereocenters. The van der Waals surface area contributed by atoms with Crippen LogP contribution in [0.1, 0.15) is 32.6 Å². The number of hydrogen-bond donors (Lipinski definition) is 1. The van der Waals surface area contributed by atoms with E-state index < -0.39 is 11.8 Å². The molecule has 3 atom stereocenters. The lowest BCUT2D eigenvalue weighted by molar-refractivity contribution is -0.149. The van der Waals surface area contributed by atoms with E-state index in [0.717, 1.165) is 32.3 Å². The predicted octanol–water partition coefficient (Wildman–Crippen LogP) is 0.525. The highest BCUT2D eigenvalue weighted by molar-refractivity contribution is 6.34. The van der Waals surface area contributed by atoms with E-state index in [-0.39, 0.29) is 6.04 Å². The number of carbonyl (C=O) groups is 2. The minimum Gasteiger partial charge on any atom is -0.381 e. The molecular weight excluding hydrogens is 232 g/mol. The Kier molecular flexibility index (Phi) is 4.22. The first-order chi connectivity index (χ1) is 8.59. The summed E-state index contributed by atoms with van der Waals surface area (Å²) in [5, 5.41) is 0. The van der Waals surface area contributed by atoms with Gasteiger partial charge in [0.25, 0.3) is 0 Å². The molecule has 0 radical (unpaired) electrons. The van der Waals surface area contributed by atoms with Gasteiger partial charge in [0.05, 0.1) is 6.61 Å². The highest BCUT2D eigenvalue weighted by Gasteiger charge is 2.37. The van der Waals surface area contributed by atoms with E-state index in [0.29, 0.717) is 25.0 Å². The molecule has 102 valence electrons. The molecule has 2 aliphatic heterocycles. The van der Waals surface area contributed by atoms with Crippen LogP contribution in [0.3, 0.4) is 0 Å². The Balaban J connectivity index is 2.09. The molecule has 2 N–H and O–H groups in total. The van der Waals surface area contributed by atoms with Crippen LogP contribution in [0.25, 0.3) is 0 Å². The lowest BCUT2D eigenvalue weighted by Gasteiger charge is -2.43. The van der Waals surface area contributed by atoms with Crippen molar-refractivity contribution >= 4 is 11.8 Å². The van der Waals surface area contributed by atoms with Crippen LogP contribution in [0.15, 0.2) is 0 Å². The van der Waals surface area contributed by atoms with E-state index in [1.54, 1.807) is 4.90 Å². The second-order valence-electron chi connectivity index (χ2n) is 5.55. The summed E-state index contributed by atoms with van der Waals surface area (Å²) < 4.78 is 5.50. The molecule has 2 aliphatic rings. The summed E-state index contributed by atoms with van der Waals surface area (Å²) in [5.41, 5.74) is 5.14. The number of rotatable bonds is 1. The van der Waals surface area contributed by atoms with Gasteiger partial charge in [-0.25, -0.2) is 0 Å². The van der Waals surface area contributed by atoms with Crippen molar-refractivity contribution in [3.05, 3.63) is 0 Å². The summed E-state index contributed by atoms with van der Waals surface area (Å²) in [4.78, 5) is 24.7. The molecule has 18 heavy (non-hydrogen) atoms. The number of hydrogen-bond acceptors (Lipinski definition) is 3. The van der Waals surface area contributed by atoms with Crippen LogP contribution >= 0.6 is 0 Å². The van der Waals surface area contributed by atoms with Gasteiger partial charge in [-0.3, -0.25) is 9.59 Å². The first-order valence-corrected chi connectivity index (χ1v) is 6.77. The van der Waals surface area contributed by atoms with E-state index in [2.05, 4.69) is 6.92 Å². The Labute approximate surface area is 108 Å². The number of nitrogens with two attached hydrogens (primary N) is 1. The maximum absolute atomic E-state index is 11.9. The fourth-order valence-corrected chi connectivity index (χ4v) is 3.11. The zero-order chi connectivity index (χ0) is 13.1. The molecule has 0 bridgehead atoms. The van der Waals surface area contributed by atoms with Gasteiger partial charge in [-0.05, 0) is 31.6 Å². The molecule has 2 rings (SSSR count). The summed E-state index contributed by atoms with van der Waals surface area (Å²) in [7, 11) is 0. The second kappa shape index (κ2) is 5.69. The minimum atomic E-state index is -0.842. The Morgan fingerprint density at radius 1 is 1.28 bits per heavy atom. The molecule has 0 aromatic rings. The Morgan fingerprint density at radius 2 is 2.06 bits per heavy atom. The Hall–Kier alpha value is -1.10. The van der Waals surface area contributed by atoms with Gasteiger partial charge in [-0.2, -0.15) is 0 Å². The van der Waals surface area contributed by atoms with E-state index in [4.69, 9.17) is 10.5 Å². The molecule has 5 heteroatoms. The molecule has 0 aromatic heterocycles. The monoisotopic (exact) mass is 254 g/mol. The molecule has 2 saturated heterocycles. The van der Waals surface area contributed by atoms with Gasteiger partial charge in [0.2, 0.25) is 0 Å². The normalized spacial score (nSPS) is 33.2. The standard InChI is InChI=1S/C13H22N2O3/c1-9-4-5-11(10-3-2-6-18-8-10)15(7-9)13(17)12(14)16/h9-11H,2-8H2,1H3,(H2,14,16)/t9-,10?,11+/m0/s1. The molecule has 0 saturated carbocycles. The molecule has 5 nitrogen and oxygen atoms in total. The maximum Gasteiger partial charge on any atom is 0.311 e. The maximum atomic E-state index is 11.9. The van der Waals surface area contributed by atoms with Crippen molar-refractivity contribution in [3.8, 4) is 0 Å². The quantitative estimate of drug-likeness (QED) is 0.694. The van der Waals surface area contributed by atoms with E-state index in [1.165, 1.54) is 0 Å². The van der Waals surface area contributed by atoms with Gasteiger partial charge in [0.15, 0.2) is 0 Å². The third-order valence-corrected chi connectivity index (χ3v) is 4.08. The summed E-state index contributed by atoms with van der Waals surface area (Å²) in [6, 6.07) is 0.126. The fraction of sp³-hybridized carbons (Fsp3) is 0.846. The van der Waals surface area contributed by atoms with E-state index >= 15 is 0 Å². The molecule has 0 spiro atoms. The van der Waals surface area contributed by atoms with Crippen molar-refractivity contribution in [2.75, 3.05) is 19.8 Å². The molecule has 2 fully saturated rings. The number of amides is 2. The third-order valence-electron chi connectivity index (χ3n) is 4.08. The number of piperidine rings is 1. The first kappa shape index (κ1) is 13.3. The number of ether oxygens (including phenoxy) is 1. The van der Waals surface area contributed by atoms with Gasteiger partial charge >= 0.3 is 11.8 Å². The van der Waals surface area contributed by atoms with Gasteiger partial charge in [0.1, 0.15) is 0 Å². The van der Waals surface area contributed by atoms with Crippen LogP contribution in [0.2, 0.25) is 0 Å². The number of nitrogens with zero attached hydrogens (tertiary/aromatic N) is 1. The molecule has 2 amide bonds. The van der Waals surface area contributed by atoms with Crippen molar-refractivity contribution in [1.82, 2.24) is 4.90 Å². The number of likely N-dealkylation sites (tertiary alicyclic amines) is 1. The van der Waals surface area contributed by atoms with Gasteiger partial charge in [0, 0.05) is 25.1 Å². The van der Waals surface area contributed by atoms with Crippen LogP contribution < -0.4 is 5.73 Å². The lowest BCUT2D eigenvalue weighted by atomic mass is 9.83. The van der Waals surface area contributed by atoms with E-state index in [9.17, 15) is 9.59 Å². The zero-order valence-corrected chi connectivity index (χ0v) is 10.9. The largest absolute Gasteiger partial charge is 0.381 e. The van der Waals surface area contributed by atoms with Crippen molar-refractivity contribution in [3.63, 3.8) is 0 Å². The van der Waals surface area contributed by atoms with Crippen LogP contribution in [0.5, 0.6) is 0 Å². The Bertz CT molecular complexity index is 326. The van der Waals surface area contributed by atoms with Crippen molar-refractivity contribution in [2.45, 2.75) is 38.6 Å². The third kappa shape index (κ3) is 2.83. The smallest absolute Gasteiger partial charge is 0.311 e. The summed E-state index contributed by atoms with van der Waals surface area (Å²) in [5.74, 6) is -0.577. The minimum absolute atomic E-state index is 0.126. The Morgan fingerprint density at radius 3 is 2.67 bits per heavy atom. The van der Waals surface area contributed by atoms with E-state index in [1.807, 2.05) is 0 Å². The SMILES string of the molecule is C[C@H]1CC[C@H](C2CCCOC2)N(C(=O)C(N)=O)C1. The molecule has 0 aromatic carbocycles. The first-order valence-electron chi connectivity index (χ1n) is 6.77. The lowest BCUT2D eigenvalue weighted by Crippen LogP contribution is -2.54.